The van der Waals surface area contributed by atoms with Gasteiger partial charge in [-0.1, -0.05) is 175 Å². The van der Waals surface area contributed by atoms with Crippen molar-refractivity contribution in [3.63, 3.8) is 0 Å². The number of hydrogen-bond donors (Lipinski definition) is 5. The quantitative estimate of drug-likeness (QED) is 0.0232. The number of esters is 2. The summed E-state index contributed by atoms with van der Waals surface area (Å²) in [5.74, 6) is 0.226. The fourth-order valence-corrected chi connectivity index (χ4v) is 9.97. The van der Waals surface area contributed by atoms with Gasteiger partial charge < -0.3 is 39.9 Å². The summed E-state index contributed by atoms with van der Waals surface area (Å²) < 4.78 is 56.7. The molecule has 7 atom stereocenters. The Morgan fingerprint density at radius 3 is 1.57 bits per heavy atom. The van der Waals surface area contributed by atoms with Gasteiger partial charge in [-0.15, -0.1) is 0 Å². The van der Waals surface area contributed by atoms with E-state index in [1.165, 1.54) is 109 Å². The maximum Gasteiger partial charge on any atom is 0.481 e. The largest absolute Gasteiger partial charge is 0.481 e. The van der Waals surface area contributed by atoms with Gasteiger partial charge >= 0.3 is 33.3 Å². The van der Waals surface area contributed by atoms with Crippen LogP contribution >= 0.6 is 15.6 Å². The second kappa shape index (κ2) is 35.0. The van der Waals surface area contributed by atoms with Crippen LogP contribution in [-0.4, -0.2) is 85.7 Å². The first-order chi connectivity index (χ1) is 31.9. The van der Waals surface area contributed by atoms with E-state index in [0.29, 0.717) is 18.8 Å². The molecule has 0 aliphatic carbocycles. The number of carbonyl (C=O) groups excluding carboxylic acids is 2. The van der Waals surface area contributed by atoms with Gasteiger partial charge in [0.05, 0.1) is 13.2 Å². The number of aliphatic hydroxyl groups excluding tert-OH is 2. The lowest BCUT2D eigenvalue weighted by Gasteiger charge is -2.21. The highest BCUT2D eigenvalue weighted by atomic mass is 31.3. The summed E-state index contributed by atoms with van der Waals surface area (Å²) in [6, 6.07) is 1.25. The zero-order valence-electron chi connectivity index (χ0n) is 41.1. The zero-order chi connectivity index (χ0) is 49.5. The molecule has 1 aromatic rings. The highest BCUT2D eigenvalue weighted by Gasteiger charge is 2.46. The molecule has 0 radical (unpaired) electrons. The number of anilines is 1. The van der Waals surface area contributed by atoms with E-state index in [-0.39, 0.29) is 18.7 Å². The van der Waals surface area contributed by atoms with Gasteiger partial charge in [0.2, 0.25) is 0 Å². The second-order valence-corrected chi connectivity index (χ2v) is 22.0. The van der Waals surface area contributed by atoms with Crippen molar-refractivity contribution in [2.75, 3.05) is 25.6 Å². The van der Waals surface area contributed by atoms with Gasteiger partial charge in [-0.2, -0.15) is 9.29 Å². The molecule has 18 nitrogen and oxygen atoms in total. The summed E-state index contributed by atoms with van der Waals surface area (Å²) in [5.41, 5.74) is 4.59. The van der Waals surface area contributed by atoms with Crippen molar-refractivity contribution in [1.29, 1.82) is 0 Å². The van der Waals surface area contributed by atoms with Gasteiger partial charge in [0.25, 0.3) is 0 Å². The van der Waals surface area contributed by atoms with Gasteiger partial charge in [0.1, 0.15) is 30.7 Å². The van der Waals surface area contributed by atoms with E-state index >= 15 is 0 Å². The van der Waals surface area contributed by atoms with Gasteiger partial charge in [0, 0.05) is 19.0 Å². The van der Waals surface area contributed by atoms with Crippen LogP contribution in [-0.2, 0) is 46.3 Å². The molecule has 1 aliphatic rings. The lowest BCUT2D eigenvalue weighted by molar-refractivity contribution is -0.161. The van der Waals surface area contributed by atoms with Crippen LogP contribution in [0.3, 0.4) is 0 Å². The summed E-state index contributed by atoms with van der Waals surface area (Å²) >= 11 is 0. The molecule has 6 N–H and O–H groups in total. The minimum Gasteiger partial charge on any atom is -0.462 e. The highest BCUT2D eigenvalue weighted by Crippen LogP contribution is 2.60. The number of aliphatic hydroxyl groups is 2. The Balaban J connectivity index is 1.77. The van der Waals surface area contributed by atoms with Crippen LogP contribution in [0, 0.1) is 11.8 Å². The predicted molar refractivity (Wildman–Crippen MR) is 257 cm³/mol. The topological polar surface area (TPSA) is 265 Å². The number of hydrogen-bond acceptors (Lipinski definition) is 15. The monoisotopic (exact) mass is 996 g/mol. The van der Waals surface area contributed by atoms with Crippen molar-refractivity contribution in [3.05, 3.63) is 22.7 Å². The summed E-state index contributed by atoms with van der Waals surface area (Å²) in [5, 5.41) is 20.9. The Morgan fingerprint density at radius 2 is 1.10 bits per heavy atom. The molecular weight excluding hydrogens is 908 g/mol. The number of aromatic nitrogens is 2. The first-order valence-corrected chi connectivity index (χ1v) is 28.3. The molecule has 20 heteroatoms. The van der Waals surface area contributed by atoms with E-state index in [9.17, 15) is 43.5 Å². The third kappa shape index (κ3) is 29.5. The molecule has 3 unspecified atom stereocenters. The molecule has 1 aromatic heterocycles. The van der Waals surface area contributed by atoms with Crippen LogP contribution in [0.15, 0.2) is 17.1 Å². The smallest absolute Gasteiger partial charge is 0.462 e. The fourth-order valence-electron chi connectivity index (χ4n) is 7.86. The average Bonchev–Trinajstić information content (AvgIpc) is 3.53. The minimum absolute atomic E-state index is 0.0565. The van der Waals surface area contributed by atoms with Crippen molar-refractivity contribution >= 4 is 33.4 Å². The zero-order valence-corrected chi connectivity index (χ0v) is 42.8. The van der Waals surface area contributed by atoms with E-state index in [1.807, 2.05) is 0 Å². The van der Waals surface area contributed by atoms with Crippen LogP contribution in [0.5, 0.6) is 0 Å². The third-order valence-corrected chi connectivity index (χ3v) is 14.4. The molecule has 1 aliphatic heterocycles. The number of nitrogen functional groups attached to an aromatic ring is 1. The van der Waals surface area contributed by atoms with E-state index in [0.717, 1.165) is 61.9 Å². The van der Waals surface area contributed by atoms with Crippen molar-refractivity contribution in [1.82, 2.24) is 9.55 Å². The van der Waals surface area contributed by atoms with Crippen LogP contribution in [0.2, 0.25) is 0 Å². The second-order valence-electron chi connectivity index (χ2n) is 19.0. The Morgan fingerprint density at radius 1 is 0.672 bits per heavy atom. The number of ether oxygens (including phenoxy) is 3. The van der Waals surface area contributed by atoms with Crippen LogP contribution in [0.4, 0.5) is 5.82 Å². The Kier molecular flexibility index (Phi) is 31.8. The lowest BCUT2D eigenvalue weighted by atomic mass is 10.0. The Hall–Kier alpha value is -2.24. The average molecular weight is 996 g/mol. The first-order valence-electron chi connectivity index (χ1n) is 25.3. The van der Waals surface area contributed by atoms with E-state index in [2.05, 4.69) is 37.0 Å². The molecule has 390 valence electrons. The lowest BCUT2D eigenvalue weighted by Crippen LogP contribution is -2.36. The van der Waals surface area contributed by atoms with Crippen LogP contribution in [0.1, 0.15) is 207 Å². The van der Waals surface area contributed by atoms with E-state index in [4.69, 9.17) is 29.0 Å². The molecule has 0 saturated carbocycles. The van der Waals surface area contributed by atoms with Crippen LogP contribution in [0.25, 0.3) is 0 Å². The van der Waals surface area contributed by atoms with Crippen molar-refractivity contribution in [3.8, 4) is 0 Å². The molecule has 1 fully saturated rings. The van der Waals surface area contributed by atoms with Gasteiger partial charge in [-0.25, -0.2) is 13.9 Å². The summed E-state index contributed by atoms with van der Waals surface area (Å²) in [4.78, 5) is 61.8. The molecular formula is C47H87N3O15P2. The molecule has 0 spiro atoms. The maximum atomic E-state index is 12.8. The molecule has 2 heterocycles. The number of nitrogens with two attached hydrogens (primary N) is 1. The molecule has 0 amide bonds. The third-order valence-electron chi connectivity index (χ3n) is 11.8. The fraction of sp³-hybridized carbons (Fsp3) is 0.872. The van der Waals surface area contributed by atoms with Crippen LogP contribution < -0.4 is 11.4 Å². The summed E-state index contributed by atoms with van der Waals surface area (Å²) in [6.45, 7) is 6.73. The SMILES string of the molecule is CC(C)CCCCCCCCCCCCCCCCCCC(=O)O[C@H](COC(=O)CCCCCCCCCC(C)C)COP(=O)(O)OP(=O)(O)OC[C@H]1O[C@@H](n2ccc(N)nc2=O)C(O)[C@H]1O. The molecule has 67 heavy (non-hydrogen) atoms. The molecule has 0 aromatic carbocycles. The van der Waals surface area contributed by atoms with E-state index in [1.54, 1.807) is 0 Å². The predicted octanol–water partition coefficient (Wildman–Crippen LogP) is 9.99. The molecule has 2 rings (SSSR count). The first kappa shape index (κ1) is 60.9. The number of rotatable bonds is 41. The van der Waals surface area contributed by atoms with Crippen molar-refractivity contribution in [2.24, 2.45) is 11.8 Å². The maximum absolute atomic E-state index is 12.8. The van der Waals surface area contributed by atoms with Crippen molar-refractivity contribution in [2.45, 2.75) is 232 Å². The van der Waals surface area contributed by atoms with Crippen molar-refractivity contribution < 1.29 is 66.3 Å². The summed E-state index contributed by atoms with van der Waals surface area (Å²) in [7, 11) is -10.8. The Bertz CT molecular complexity index is 1650. The number of unbranched alkanes of at least 4 members (excludes halogenated alkanes) is 21. The van der Waals surface area contributed by atoms with Gasteiger partial charge in [-0.05, 0) is 30.7 Å². The number of phosphoric acid groups is 2. The Labute approximate surface area is 400 Å². The highest BCUT2D eigenvalue weighted by molar-refractivity contribution is 7.61. The van der Waals surface area contributed by atoms with Gasteiger partial charge in [0.15, 0.2) is 12.3 Å². The normalized spacial score (nSPS) is 19.7. The number of carbonyl (C=O) groups is 2. The number of nitrogens with zero attached hydrogens (tertiary/aromatic N) is 2. The minimum atomic E-state index is -5.42. The molecule has 0 bridgehead atoms. The summed E-state index contributed by atoms with van der Waals surface area (Å²) in [6.07, 6.45) is 22.2. The standard InChI is InChI=1S/C47H87N3O15P2/c1-37(2)28-24-20-16-13-11-9-7-5-6-8-10-12-14-18-23-27-31-43(52)63-39(34-60-42(51)30-26-22-19-15-17-21-25-29-38(3)4)35-61-66(56,57)65-67(58,59)62-36-40-44(53)45(54)46(64-40)50-33-32-41(48)49-47(50)55/h32-33,37-40,44-46,53-54H,5-31,34-36H2,1-4H3,(H,56,57)(H,58,59)(H2,48,49,55)/t39-,40-,44+,45?,46-/m1/s1. The molecule has 1 saturated heterocycles. The van der Waals surface area contributed by atoms with E-state index < -0.39 is 83.7 Å². The van der Waals surface area contributed by atoms with Gasteiger partial charge in [-0.3, -0.25) is 23.2 Å². The number of phosphoric ester groups is 2.